The van der Waals surface area contributed by atoms with E-state index in [0.717, 1.165) is 5.56 Å². The molecule has 0 bridgehead atoms. The highest BCUT2D eigenvalue weighted by Gasteiger charge is 2.36. The van der Waals surface area contributed by atoms with Crippen LogP contribution in [0.1, 0.15) is 81.2 Å². The summed E-state index contributed by atoms with van der Waals surface area (Å²) in [4.78, 5) is 78.5. The molecule has 1 aromatic carbocycles. The summed E-state index contributed by atoms with van der Waals surface area (Å²) in [6, 6.07) is 2.69. The zero-order valence-corrected chi connectivity index (χ0v) is 30.1. The fraction of sp³-hybridized carbons (Fsp3) is 0.657. The Morgan fingerprint density at radius 1 is 0.562 bits per heavy atom. The quantitative estimate of drug-likeness (QED) is 0.115. The first-order valence-corrected chi connectivity index (χ1v) is 16.8. The Balaban J connectivity index is 3.11. The van der Waals surface area contributed by atoms with Gasteiger partial charge in [0.05, 0.1) is 6.04 Å². The number of hydrogen-bond acceptors (Lipinski definition) is 7. The van der Waals surface area contributed by atoms with Crippen molar-refractivity contribution in [3.05, 3.63) is 35.9 Å². The van der Waals surface area contributed by atoms with E-state index in [1.807, 2.05) is 13.8 Å². The van der Waals surface area contributed by atoms with Crippen molar-refractivity contribution in [2.45, 2.75) is 118 Å². The number of aliphatic carboxylic acids is 1. The van der Waals surface area contributed by atoms with E-state index < -0.39 is 83.6 Å². The molecule has 0 unspecified atom stereocenters. The molecule has 0 radical (unpaired) electrons. The molecule has 0 aliphatic heterocycles. The molecule has 0 heterocycles. The van der Waals surface area contributed by atoms with Crippen molar-refractivity contribution in [1.29, 1.82) is 0 Å². The highest BCUT2D eigenvalue weighted by Crippen LogP contribution is 2.12. The second-order valence-corrected chi connectivity index (χ2v) is 14.2. The van der Waals surface area contributed by atoms with Crippen molar-refractivity contribution >= 4 is 35.5 Å². The Bertz CT molecular complexity index is 1240. The molecule has 0 spiro atoms. The first-order chi connectivity index (χ1) is 22.3. The monoisotopic (exact) mass is 674 g/mol. The lowest BCUT2D eigenvalue weighted by atomic mass is 9.97. The summed E-state index contributed by atoms with van der Waals surface area (Å²) in [5, 5.41) is 23.2. The number of nitrogens with one attached hydrogen (secondary N) is 5. The van der Waals surface area contributed by atoms with Crippen LogP contribution in [0.25, 0.3) is 0 Å². The third-order valence-electron chi connectivity index (χ3n) is 8.00. The fourth-order valence-corrected chi connectivity index (χ4v) is 4.93. The zero-order valence-electron chi connectivity index (χ0n) is 30.1. The standard InChI is InChI=1S/C35H58N6O7/c1-18(2)16-24(37-31(43)26(36)19(3)4)30(42)39-28(21(7)8)33(45)41-29(22(9)10)34(46)40-27(20(5)6)32(44)38-25(35(47)48)17-23-14-12-11-13-15-23/h11-15,18-22,24-29H,16-17,36H2,1-10H3,(H,37,43)(H,38,44)(H,39,42)(H,40,46)(H,41,45)(H,47,48)/t24-,25-,26+,27+,28+,29+/m0/s1. The van der Waals surface area contributed by atoms with E-state index >= 15 is 0 Å². The third kappa shape index (κ3) is 13.6. The summed E-state index contributed by atoms with van der Waals surface area (Å²) in [5.41, 5.74) is 6.72. The van der Waals surface area contributed by atoms with Crippen LogP contribution in [0.4, 0.5) is 0 Å². The van der Waals surface area contributed by atoms with Gasteiger partial charge in [-0.25, -0.2) is 4.79 Å². The third-order valence-corrected chi connectivity index (χ3v) is 8.00. The number of carboxylic acid groups (broad SMARTS) is 1. The topological polar surface area (TPSA) is 209 Å². The predicted molar refractivity (Wildman–Crippen MR) is 184 cm³/mol. The van der Waals surface area contributed by atoms with Crippen LogP contribution in [0, 0.1) is 29.6 Å². The molecule has 1 rings (SSSR count). The molecule has 13 nitrogen and oxygen atoms in total. The second kappa shape index (κ2) is 19.7. The molecule has 0 fully saturated rings. The number of rotatable bonds is 19. The molecule has 0 aliphatic carbocycles. The van der Waals surface area contributed by atoms with Crippen LogP contribution < -0.4 is 32.3 Å². The van der Waals surface area contributed by atoms with E-state index in [1.54, 1.807) is 85.7 Å². The van der Waals surface area contributed by atoms with Crippen molar-refractivity contribution in [3.8, 4) is 0 Å². The lowest BCUT2D eigenvalue weighted by molar-refractivity contribution is -0.142. The molecule has 0 aliphatic rings. The van der Waals surface area contributed by atoms with Crippen LogP contribution in [-0.4, -0.2) is 76.9 Å². The molecular formula is C35H58N6O7. The predicted octanol–water partition coefficient (Wildman–Crippen LogP) is 1.74. The van der Waals surface area contributed by atoms with E-state index in [1.165, 1.54) is 0 Å². The van der Waals surface area contributed by atoms with Crippen LogP contribution in [0.3, 0.4) is 0 Å². The summed E-state index contributed by atoms with van der Waals surface area (Å²) in [7, 11) is 0. The van der Waals surface area contributed by atoms with E-state index in [0.29, 0.717) is 6.42 Å². The van der Waals surface area contributed by atoms with Crippen molar-refractivity contribution < 1.29 is 33.9 Å². The normalized spacial score (nSPS) is 15.3. The molecule has 5 amide bonds. The maximum absolute atomic E-state index is 13.6. The zero-order chi connectivity index (χ0) is 36.9. The highest BCUT2D eigenvalue weighted by molar-refractivity contribution is 5.96. The van der Waals surface area contributed by atoms with Crippen LogP contribution >= 0.6 is 0 Å². The Morgan fingerprint density at radius 3 is 1.33 bits per heavy atom. The van der Waals surface area contributed by atoms with Gasteiger partial charge in [-0.3, -0.25) is 24.0 Å². The minimum Gasteiger partial charge on any atom is -0.480 e. The fourth-order valence-electron chi connectivity index (χ4n) is 4.93. The van der Waals surface area contributed by atoms with E-state index in [4.69, 9.17) is 5.73 Å². The van der Waals surface area contributed by atoms with E-state index in [9.17, 15) is 33.9 Å². The van der Waals surface area contributed by atoms with E-state index in [2.05, 4.69) is 26.6 Å². The Hall–Kier alpha value is -4.00. The van der Waals surface area contributed by atoms with Crippen molar-refractivity contribution in [2.24, 2.45) is 35.3 Å². The Morgan fingerprint density at radius 2 is 0.958 bits per heavy atom. The van der Waals surface area contributed by atoms with Crippen molar-refractivity contribution in [3.63, 3.8) is 0 Å². The minimum atomic E-state index is -1.22. The molecule has 48 heavy (non-hydrogen) atoms. The molecule has 270 valence electrons. The van der Waals surface area contributed by atoms with Crippen molar-refractivity contribution in [1.82, 2.24) is 26.6 Å². The lowest BCUT2D eigenvalue weighted by Gasteiger charge is -2.30. The number of nitrogens with two attached hydrogens (primary N) is 1. The van der Waals surface area contributed by atoms with Gasteiger partial charge in [0, 0.05) is 6.42 Å². The number of carboxylic acids is 1. The van der Waals surface area contributed by atoms with Gasteiger partial charge in [0.2, 0.25) is 29.5 Å². The Labute approximate surface area is 285 Å². The average molecular weight is 675 g/mol. The molecule has 0 saturated carbocycles. The average Bonchev–Trinajstić information content (AvgIpc) is 2.99. The molecule has 0 aromatic heterocycles. The molecular weight excluding hydrogens is 616 g/mol. The summed E-state index contributed by atoms with van der Waals surface area (Å²) in [6.45, 7) is 17.8. The van der Waals surface area contributed by atoms with Gasteiger partial charge in [-0.05, 0) is 41.6 Å². The summed E-state index contributed by atoms with van der Waals surface area (Å²) < 4.78 is 0. The van der Waals surface area contributed by atoms with Crippen LogP contribution in [0.2, 0.25) is 0 Å². The van der Waals surface area contributed by atoms with Crippen molar-refractivity contribution in [2.75, 3.05) is 0 Å². The van der Waals surface area contributed by atoms with Gasteiger partial charge < -0.3 is 37.4 Å². The van der Waals surface area contributed by atoms with Crippen LogP contribution in [-0.2, 0) is 35.2 Å². The minimum absolute atomic E-state index is 0.0480. The number of carbonyl (C=O) groups excluding carboxylic acids is 5. The van der Waals surface area contributed by atoms with Gasteiger partial charge in [0.1, 0.15) is 30.2 Å². The molecule has 1 aromatic rings. The van der Waals surface area contributed by atoms with Crippen LogP contribution in [0.15, 0.2) is 30.3 Å². The molecule has 13 heteroatoms. The first kappa shape index (κ1) is 42.0. The Kier molecular flexibility index (Phi) is 17.3. The number of amides is 5. The second-order valence-electron chi connectivity index (χ2n) is 14.2. The largest absolute Gasteiger partial charge is 0.480 e. The number of benzene rings is 1. The van der Waals surface area contributed by atoms with Gasteiger partial charge >= 0.3 is 5.97 Å². The summed E-state index contributed by atoms with van der Waals surface area (Å²) in [5.74, 6) is -5.45. The molecule has 8 N–H and O–H groups in total. The van der Waals surface area contributed by atoms with Crippen LogP contribution in [0.5, 0.6) is 0 Å². The lowest BCUT2D eigenvalue weighted by Crippen LogP contribution is -2.62. The molecule has 0 saturated heterocycles. The van der Waals surface area contributed by atoms with E-state index in [-0.39, 0.29) is 24.2 Å². The van der Waals surface area contributed by atoms with Gasteiger partial charge in [-0.15, -0.1) is 0 Å². The van der Waals surface area contributed by atoms with Gasteiger partial charge in [-0.2, -0.15) is 0 Å². The maximum atomic E-state index is 13.6. The number of carbonyl (C=O) groups is 6. The summed E-state index contributed by atoms with van der Waals surface area (Å²) in [6.07, 6.45) is 0.373. The highest BCUT2D eigenvalue weighted by atomic mass is 16.4. The molecule has 6 atom stereocenters. The first-order valence-electron chi connectivity index (χ1n) is 16.8. The van der Waals surface area contributed by atoms with Gasteiger partial charge in [0.15, 0.2) is 0 Å². The SMILES string of the molecule is CC(C)C[C@H](NC(=O)[C@H](N)C(C)C)C(=O)N[C@@H](C(=O)N[C@@H](C(=O)N[C@@H](C(=O)N[C@@H](Cc1ccccc1)C(=O)O)C(C)C)C(C)C)C(C)C. The smallest absolute Gasteiger partial charge is 0.326 e. The maximum Gasteiger partial charge on any atom is 0.326 e. The number of hydrogen-bond donors (Lipinski definition) is 7. The van der Waals surface area contributed by atoms with Gasteiger partial charge in [0.25, 0.3) is 0 Å². The van der Waals surface area contributed by atoms with Gasteiger partial charge in [-0.1, -0.05) is 99.6 Å². The summed E-state index contributed by atoms with van der Waals surface area (Å²) >= 11 is 0.